The molecule has 104 valence electrons. The molecule has 0 aliphatic rings. The van der Waals surface area contributed by atoms with Crippen LogP contribution in [-0.4, -0.2) is 11.7 Å². The first-order valence-electron chi connectivity index (χ1n) is 7.81. The highest BCUT2D eigenvalue weighted by Gasteiger charge is 2.00. The van der Waals surface area contributed by atoms with Crippen LogP contribution in [0.4, 0.5) is 0 Å². The quantitative estimate of drug-likeness (QED) is 0.468. The van der Waals surface area contributed by atoms with E-state index in [0.29, 0.717) is 12.5 Å². The molecule has 0 aromatic rings. The molecular formula is C16H34O. The van der Waals surface area contributed by atoms with Crippen molar-refractivity contribution in [3.05, 3.63) is 0 Å². The van der Waals surface area contributed by atoms with E-state index in [1.54, 1.807) is 0 Å². The van der Waals surface area contributed by atoms with E-state index in [-0.39, 0.29) is 0 Å². The van der Waals surface area contributed by atoms with E-state index in [2.05, 4.69) is 20.8 Å². The highest BCUT2D eigenvalue weighted by atomic mass is 16.3. The van der Waals surface area contributed by atoms with E-state index >= 15 is 0 Å². The Morgan fingerprint density at radius 2 is 1.12 bits per heavy atom. The predicted molar refractivity (Wildman–Crippen MR) is 77.3 cm³/mol. The van der Waals surface area contributed by atoms with Gasteiger partial charge in [0.05, 0.1) is 0 Å². The van der Waals surface area contributed by atoms with E-state index in [1.807, 2.05) is 0 Å². The average Bonchev–Trinajstić information content (AvgIpc) is 2.35. The topological polar surface area (TPSA) is 20.2 Å². The summed E-state index contributed by atoms with van der Waals surface area (Å²) in [5.41, 5.74) is 0. The molecule has 1 N–H and O–H groups in total. The Balaban J connectivity index is 3.04. The summed E-state index contributed by atoms with van der Waals surface area (Å²) in [7, 11) is 0. The van der Waals surface area contributed by atoms with Crippen LogP contribution in [0, 0.1) is 11.8 Å². The summed E-state index contributed by atoms with van der Waals surface area (Å²) in [4.78, 5) is 0. The molecule has 0 aromatic heterocycles. The van der Waals surface area contributed by atoms with Gasteiger partial charge in [0.2, 0.25) is 0 Å². The molecule has 1 nitrogen and oxygen atoms in total. The van der Waals surface area contributed by atoms with Crippen LogP contribution in [0.3, 0.4) is 0 Å². The minimum atomic E-state index is 0.357. The van der Waals surface area contributed by atoms with Crippen molar-refractivity contribution in [2.75, 3.05) is 6.61 Å². The Morgan fingerprint density at radius 1 is 0.706 bits per heavy atom. The van der Waals surface area contributed by atoms with Crippen LogP contribution in [0.2, 0.25) is 0 Å². The first kappa shape index (κ1) is 17.0. The normalized spacial score (nSPS) is 14.8. The third-order valence-electron chi connectivity index (χ3n) is 3.90. The number of hydrogen-bond acceptors (Lipinski definition) is 1. The van der Waals surface area contributed by atoms with Crippen LogP contribution < -0.4 is 0 Å². The van der Waals surface area contributed by atoms with Gasteiger partial charge in [-0.3, -0.25) is 0 Å². The number of rotatable bonds is 12. The molecule has 0 heterocycles. The highest BCUT2D eigenvalue weighted by molar-refractivity contribution is 4.53. The molecular weight excluding hydrogens is 208 g/mol. The van der Waals surface area contributed by atoms with Crippen molar-refractivity contribution in [2.24, 2.45) is 11.8 Å². The summed E-state index contributed by atoms with van der Waals surface area (Å²) >= 11 is 0. The number of unbranched alkanes of at least 4 members (excludes halogenated alkanes) is 6. The SMILES string of the molecule is CC[C@@H](C)CCCCCCCCC[C@@H](C)CO. The summed E-state index contributed by atoms with van der Waals surface area (Å²) in [5.74, 6) is 1.43. The van der Waals surface area contributed by atoms with Crippen LogP contribution >= 0.6 is 0 Å². The Hall–Kier alpha value is -0.0400. The van der Waals surface area contributed by atoms with Gasteiger partial charge in [-0.1, -0.05) is 78.6 Å². The van der Waals surface area contributed by atoms with Gasteiger partial charge >= 0.3 is 0 Å². The minimum Gasteiger partial charge on any atom is -0.396 e. The van der Waals surface area contributed by atoms with E-state index in [1.165, 1.54) is 64.2 Å². The maximum Gasteiger partial charge on any atom is 0.0456 e. The molecule has 0 saturated carbocycles. The molecule has 0 spiro atoms. The second-order valence-corrected chi connectivity index (χ2v) is 5.85. The zero-order chi connectivity index (χ0) is 12.9. The summed E-state index contributed by atoms with van der Waals surface area (Å²) < 4.78 is 0. The lowest BCUT2D eigenvalue weighted by molar-refractivity contribution is 0.227. The molecule has 0 unspecified atom stereocenters. The zero-order valence-electron chi connectivity index (χ0n) is 12.4. The van der Waals surface area contributed by atoms with Crippen LogP contribution in [-0.2, 0) is 0 Å². The van der Waals surface area contributed by atoms with Crippen molar-refractivity contribution >= 4 is 0 Å². The van der Waals surface area contributed by atoms with Crippen molar-refractivity contribution in [3.8, 4) is 0 Å². The molecule has 0 rings (SSSR count). The molecule has 0 bridgehead atoms. The van der Waals surface area contributed by atoms with Crippen LogP contribution in [0.1, 0.15) is 85.0 Å². The number of hydrogen-bond donors (Lipinski definition) is 1. The van der Waals surface area contributed by atoms with Crippen molar-refractivity contribution < 1.29 is 5.11 Å². The van der Waals surface area contributed by atoms with Gasteiger partial charge in [0.25, 0.3) is 0 Å². The number of aliphatic hydroxyl groups excluding tert-OH is 1. The van der Waals surface area contributed by atoms with Gasteiger partial charge in [-0.2, -0.15) is 0 Å². The Bertz CT molecular complexity index is 128. The molecule has 0 amide bonds. The third-order valence-corrected chi connectivity index (χ3v) is 3.90. The van der Waals surface area contributed by atoms with E-state index < -0.39 is 0 Å². The zero-order valence-corrected chi connectivity index (χ0v) is 12.4. The second kappa shape index (κ2) is 12.4. The second-order valence-electron chi connectivity index (χ2n) is 5.85. The molecule has 0 aromatic carbocycles. The summed E-state index contributed by atoms with van der Waals surface area (Å²) in [6.45, 7) is 7.14. The lowest BCUT2D eigenvalue weighted by Gasteiger charge is -2.08. The minimum absolute atomic E-state index is 0.357. The highest BCUT2D eigenvalue weighted by Crippen LogP contribution is 2.15. The molecule has 0 aliphatic carbocycles. The van der Waals surface area contributed by atoms with Crippen LogP contribution in [0.15, 0.2) is 0 Å². The van der Waals surface area contributed by atoms with Crippen molar-refractivity contribution in [3.63, 3.8) is 0 Å². The van der Waals surface area contributed by atoms with Crippen molar-refractivity contribution in [1.82, 2.24) is 0 Å². The Kier molecular flexibility index (Phi) is 12.4. The van der Waals surface area contributed by atoms with E-state index in [9.17, 15) is 0 Å². The van der Waals surface area contributed by atoms with Gasteiger partial charge in [0, 0.05) is 6.61 Å². The summed E-state index contributed by atoms with van der Waals surface area (Å²) in [6, 6.07) is 0. The lowest BCUT2D eigenvalue weighted by atomic mass is 9.99. The van der Waals surface area contributed by atoms with Gasteiger partial charge in [-0.05, 0) is 18.3 Å². The summed E-state index contributed by atoms with van der Waals surface area (Å²) in [6.07, 6.45) is 13.7. The smallest absolute Gasteiger partial charge is 0.0456 e. The molecule has 0 aliphatic heterocycles. The lowest BCUT2D eigenvalue weighted by Crippen LogP contribution is -1.99. The first-order valence-corrected chi connectivity index (χ1v) is 7.81. The van der Waals surface area contributed by atoms with Crippen LogP contribution in [0.5, 0.6) is 0 Å². The van der Waals surface area contributed by atoms with Gasteiger partial charge < -0.3 is 5.11 Å². The summed E-state index contributed by atoms with van der Waals surface area (Å²) in [5, 5.41) is 8.90. The molecule has 0 saturated heterocycles. The molecule has 2 atom stereocenters. The third kappa shape index (κ3) is 12.2. The number of aliphatic hydroxyl groups is 1. The Morgan fingerprint density at radius 3 is 1.53 bits per heavy atom. The van der Waals surface area contributed by atoms with Gasteiger partial charge in [0.15, 0.2) is 0 Å². The van der Waals surface area contributed by atoms with Crippen molar-refractivity contribution in [2.45, 2.75) is 85.0 Å². The fourth-order valence-electron chi connectivity index (χ4n) is 2.16. The molecule has 0 fully saturated rings. The fourth-order valence-corrected chi connectivity index (χ4v) is 2.16. The van der Waals surface area contributed by atoms with Gasteiger partial charge in [0.1, 0.15) is 0 Å². The maximum atomic E-state index is 8.90. The molecule has 0 radical (unpaired) electrons. The maximum absolute atomic E-state index is 8.90. The fraction of sp³-hybridized carbons (Fsp3) is 1.00. The van der Waals surface area contributed by atoms with Crippen LogP contribution in [0.25, 0.3) is 0 Å². The average molecular weight is 242 g/mol. The largest absolute Gasteiger partial charge is 0.396 e. The standard InChI is InChI=1S/C16H34O/c1-4-15(2)12-10-8-6-5-7-9-11-13-16(3)14-17/h15-17H,4-14H2,1-3H3/t15-,16-/m1/s1. The molecule has 17 heavy (non-hydrogen) atoms. The Labute approximate surface area is 109 Å². The first-order chi connectivity index (χ1) is 8.20. The van der Waals surface area contributed by atoms with Gasteiger partial charge in [-0.15, -0.1) is 0 Å². The van der Waals surface area contributed by atoms with E-state index in [0.717, 1.165) is 5.92 Å². The van der Waals surface area contributed by atoms with Crippen molar-refractivity contribution in [1.29, 1.82) is 0 Å². The molecule has 1 heteroatoms. The van der Waals surface area contributed by atoms with Gasteiger partial charge in [-0.25, -0.2) is 0 Å². The monoisotopic (exact) mass is 242 g/mol. The van der Waals surface area contributed by atoms with E-state index in [4.69, 9.17) is 5.11 Å². The predicted octanol–water partition coefficient (Wildman–Crippen LogP) is 5.17.